The SMILES string of the molecule is CC(C)(CCNCc1ccc(O)cc1)CCC(=O)O. The first kappa shape index (κ1) is 15.5. The summed E-state index contributed by atoms with van der Waals surface area (Å²) in [5.74, 6) is -0.455. The van der Waals surface area contributed by atoms with Gasteiger partial charge in [-0.2, -0.15) is 0 Å². The Balaban J connectivity index is 2.22. The molecule has 0 radical (unpaired) electrons. The number of carboxylic acids is 1. The molecular formula is C15H23NO3. The van der Waals surface area contributed by atoms with Gasteiger partial charge in [0.25, 0.3) is 0 Å². The lowest BCUT2D eigenvalue weighted by Crippen LogP contribution is -2.22. The number of benzene rings is 1. The third-order valence-corrected chi connectivity index (χ3v) is 3.26. The predicted molar refractivity (Wildman–Crippen MR) is 75.1 cm³/mol. The molecule has 0 bridgehead atoms. The minimum absolute atomic E-state index is 0.0420. The molecule has 0 saturated carbocycles. The second-order valence-electron chi connectivity index (χ2n) is 5.65. The average Bonchev–Trinajstić information content (AvgIpc) is 2.35. The van der Waals surface area contributed by atoms with Crippen LogP contribution in [-0.2, 0) is 11.3 Å². The van der Waals surface area contributed by atoms with E-state index in [0.29, 0.717) is 6.42 Å². The van der Waals surface area contributed by atoms with E-state index in [0.717, 1.165) is 25.1 Å². The summed E-state index contributed by atoms with van der Waals surface area (Å²) >= 11 is 0. The smallest absolute Gasteiger partial charge is 0.303 e. The van der Waals surface area contributed by atoms with E-state index in [4.69, 9.17) is 5.11 Å². The highest BCUT2D eigenvalue weighted by Crippen LogP contribution is 2.26. The number of aromatic hydroxyl groups is 1. The lowest BCUT2D eigenvalue weighted by atomic mass is 9.84. The van der Waals surface area contributed by atoms with E-state index in [9.17, 15) is 9.90 Å². The maximum absolute atomic E-state index is 10.6. The molecule has 0 amide bonds. The van der Waals surface area contributed by atoms with Crippen LogP contribution in [0.25, 0.3) is 0 Å². The molecule has 0 spiro atoms. The van der Waals surface area contributed by atoms with Crippen LogP contribution in [0.3, 0.4) is 0 Å². The van der Waals surface area contributed by atoms with Crippen LogP contribution < -0.4 is 5.32 Å². The van der Waals surface area contributed by atoms with Crippen molar-refractivity contribution in [2.45, 2.75) is 39.7 Å². The number of phenols is 1. The monoisotopic (exact) mass is 265 g/mol. The fraction of sp³-hybridized carbons (Fsp3) is 0.533. The van der Waals surface area contributed by atoms with Crippen molar-refractivity contribution >= 4 is 5.97 Å². The van der Waals surface area contributed by atoms with E-state index in [1.807, 2.05) is 12.1 Å². The van der Waals surface area contributed by atoms with Gasteiger partial charge in [-0.1, -0.05) is 26.0 Å². The van der Waals surface area contributed by atoms with E-state index < -0.39 is 5.97 Å². The molecular weight excluding hydrogens is 242 g/mol. The third kappa shape index (κ3) is 6.82. The third-order valence-electron chi connectivity index (χ3n) is 3.26. The van der Waals surface area contributed by atoms with Crippen LogP contribution >= 0.6 is 0 Å². The first-order valence-corrected chi connectivity index (χ1v) is 6.59. The number of nitrogens with one attached hydrogen (secondary N) is 1. The molecule has 106 valence electrons. The van der Waals surface area contributed by atoms with Gasteiger partial charge in [-0.3, -0.25) is 4.79 Å². The van der Waals surface area contributed by atoms with Crippen LogP contribution in [0.15, 0.2) is 24.3 Å². The summed E-state index contributed by atoms with van der Waals surface area (Å²) in [7, 11) is 0. The molecule has 0 aliphatic rings. The highest BCUT2D eigenvalue weighted by Gasteiger charge is 2.18. The highest BCUT2D eigenvalue weighted by atomic mass is 16.4. The van der Waals surface area contributed by atoms with Crippen LogP contribution in [0.2, 0.25) is 0 Å². The molecule has 0 heterocycles. The Kier molecular flexibility index (Phi) is 5.83. The molecule has 1 aromatic rings. The molecule has 0 atom stereocenters. The number of aliphatic carboxylic acids is 1. The van der Waals surface area contributed by atoms with Crippen LogP contribution in [0, 0.1) is 5.41 Å². The van der Waals surface area contributed by atoms with Crippen molar-refractivity contribution in [1.82, 2.24) is 5.32 Å². The number of hydrogen-bond donors (Lipinski definition) is 3. The number of rotatable bonds is 8. The fourth-order valence-electron chi connectivity index (χ4n) is 1.84. The second-order valence-corrected chi connectivity index (χ2v) is 5.65. The maximum atomic E-state index is 10.6. The summed E-state index contributed by atoms with van der Waals surface area (Å²) in [6.45, 7) is 5.80. The Morgan fingerprint density at radius 3 is 2.42 bits per heavy atom. The molecule has 3 N–H and O–H groups in total. The molecule has 4 nitrogen and oxygen atoms in total. The summed E-state index contributed by atoms with van der Waals surface area (Å²) < 4.78 is 0. The molecule has 19 heavy (non-hydrogen) atoms. The lowest BCUT2D eigenvalue weighted by molar-refractivity contribution is -0.137. The summed E-state index contributed by atoms with van der Waals surface area (Å²) in [4.78, 5) is 10.6. The van der Waals surface area contributed by atoms with E-state index in [1.165, 1.54) is 0 Å². The van der Waals surface area contributed by atoms with Crippen molar-refractivity contribution in [3.05, 3.63) is 29.8 Å². The molecule has 4 heteroatoms. The Labute approximate surface area is 114 Å². The minimum Gasteiger partial charge on any atom is -0.508 e. The first-order chi connectivity index (χ1) is 8.89. The van der Waals surface area contributed by atoms with Crippen molar-refractivity contribution in [3.63, 3.8) is 0 Å². The Morgan fingerprint density at radius 2 is 1.84 bits per heavy atom. The molecule has 0 fully saturated rings. The standard InChI is InChI=1S/C15H23NO3/c1-15(2,8-7-14(18)19)9-10-16-11-12-3-5-13(17)6-4-12/h3-6,16-17H,7-11H2,1-2H3,(H,18,19). The molecule has 1 aromatic carbocycles. The normalized spacial score (nSPS) is 11.5. The van der Waals surface area contributed by atoms with Crippen molar-refractivity contribution in [2.24, 2.45) is 5.41 Å². The van der Waals surface area contributed by atoms with E-state index in [1.54, 1.807) is 12.1 Å². The second kappa shape index (κ2) is 7.14. The molecule has 0 aromatic heterocycles. The van der Waals surface area contributed by atoms with Crippen molar-refractivity contribution < 1.29 is 15.0 Å². The van der Waals surface area contributed by atoms with Crippen molar-refractivity contribution in [1.29, 1.82) is 0 Å². The minimum atomic E-state index is -0.731. The van der Waals surface area contributed by atoms with Gasteiger partial charge < -0.3 is 15.5 Å². The zero-order valence-electron chi connectivity index (χ0n) is 11.6. The number of hydrogen-bond acceptors (Lipinski definition) is 3. The molecule has 0 saturated heterocycles. The van der Waals surface area contributed by atoms with Gasteiger partial charge in [0.2, 0.25) is 0 Å². The zero-order valence-corrected chi connectivity index (χ0v) is 11.6. The van der Waals surface area contributed by atoms with Crippen LogP contribution in [0.5, 0.6) is 5.75 Å². The quantitative estimate of drug-likeness (QED) is 0.632. The fourth-order valence-corrected chi connectivity index (χ4v) is 1.84. The molecule has 0 unspecified atom stereocenters. The van der Waals surface area contributed by atoms with Gasteiger partial charge in [0.15, 0.2) is 0 Å². The van der Waals surface area contributed by atoms with Crippen molar-refractivity contribution in [3.8, 4) is 5.75 Å². The van der Waals surface area contributed by atoms with Crippen LogP contribution in [0.1, 0.15) is 38.7 Å². The van der Waals surface area contributed by atoms with Gasteiger partial charge in [-0.05, 0) is 42.5 Å². The van der Waals surface area contributed by atoms with E-state index in [-0.39, 0.29) is 17.6 Å². The Bertz CT molecular complexity index is 398. The number of carboxylic acid groups (broad SMARTS) is 1. The summed E-state index contributed by atoms with van der Waals surface area (Å²) in [5, 5.41) is 21.2. The molecule has 0 aliphatic heterocycles. The Morgan fingerprint density at radius 1 is 1.21 bits per heavy atom. The summed E-state index contributed by atoms with van der Waals surface area (Å²) in [5.41, 5.74) is 1.17. The molecule has 0 aliphatic carbocycles. The van der Waals surface area contributed by atoms with Gasteiger partial charge in [-0.15, -0.1) is 0 Å². The number of carbonyl (C=O) groups is 1. The van der Waals surface area contributed by atoms with Gasteiger partial charge >= 0.3 is 5.97 Å². The summed E-state index contributed by atoms with van der Waals surface area (Å²) in [6.07, 6.45) is 1.87. The molecule has 1 rings (SSSR count). The average molecular weight is 265 g/mol. The van der Waals surface area contributed by atoms with Crippen LogP contribution in [-0.4, -0.2) is 22.7 Å². The van der Waals surface area contributed by atoms with Crippen molar-refractivity contribution in [2.75, 3.05) is 6.54 Å². The lowest BCUT2D eigenvalue weighted by Gasteiger charge is -2.23. The zero-order chi connectivity index (χ0) is 14.3. The number of phenolic OH excluding ortho intramolecular Hbond substituents is 1. The topological polar surface area (TPSA) is 69.6 Å². The first-order valence-electron chi connectivity index (χ1n) is 6.59. The Hall–Kier alpha value is -1.55. The van der Waals surface area contributed by atoms with E-state index in [2.05, 4.69) is 19.2 Å². The predicted octanol–water partition coefficient (Wildman–Crippen LogP) is 2.76. The summed E-state index contributed by atoms with van der Waals surface area (Å²) in [6, 6.07) is 7.12. The van der Waals surface area contributed by atoms with Gasteiger partial charge in [0.05, 0.1) is 0 Å². The maximum Gasteiger partial charge on any atom is 0.303 e. The largest absolute Gasteiger partial charge is 0.508 e. The van der Waals surface area contributed by atoms with Crippen LogP contribution in [0.4, 0.5) is 0 Å². The van der Waals surface area contributed by atoms with E-state index >= 15 is 0 Å². The van der Waals surface area contributed by atoms with Gasteiger partial charge in [-0.25, -0.2) is 0 Å². The van der Waals surface area contributed by atoms with Gasteiger partial charge in [0, 0.05) is 13.0 Å². The van der Waals surface area contributed by atoms with Gasteiger partial charge in [0.1, 0.15) is 5.75 Å². The highest BCUT2D eigenvalue weighted by molar-refractivity contribution is 5.66.